The van der Waals surface area contributed by atoms with Crippen LogP contribution >= 0.6 is 23.2 Å². The lowest BCUT2D eigenvalue weighted by Crippen LogP contribution is -2.50. The summed E-state index contributed by atoms with van der Waals surface area (Å²) in [6.45, 7) is 0. The van der Waals surface area contributed by atoms with Crippen LogP contribution in [0.25, 0.3) is 0 Å². The maximum atomic E-state index is 12.2. The van der Waals surface area contributed by atoms with E-state index < -0.39 is 15.1 Å². The molecule has 2 rings (SSSR count). The molecule has 1 fully saturated rings. The van der Waals surface area contributed by atoms with Crippen LogP contribution in [0.2, 0.25) is 10.0 Å². The molecule has 0 aromatic heterocycles. The number of benzene rings is 1. The van der Waals surface area contributed by atoms with E-state index in [1.165, 1.54) is 0 Å². The molecular weight excluding hydrogens is 319 g/mol. The molecule has 0 bridgehead atoms. The smallest absolute Gasteiger partial charge is 0.154 e. The zero-order chi connectivity index (χ0) is 14.8. The zero-order valence-corrected chi connectivity index (χ0v) is 13.3. The van der Waals surface area contributed by atoms with Crippen LogP contribution in [0.4, 0.5) is 0 Å². The molecule has 1 aromatic rings. The lowest BCUT2D eigenvalue weighted by Gasteiger charge is -2.30. The number of rotatable bonds is 4. The van der Waals surface area contributed by atoms with E-state index in [0.717, 1.165) is 18.4 Å². The van der Waals surface area contributed by atoms with Gasteiger partial charge < -0.3 is 0 Å². The maximum absolute atomic E-state index is 12.2. The first kappa shape index (κ1) is 16.0. The first-order valence-corrected chi connectivity index (χ1v) is 9.03. The molecule has 2 atom stereocenters. The topological polar surface area (TPSA) is 72.2 Å². The molecule has 2 unspecified atom stereocenters. The Morgan fingerprint density at radius 1 is 1.35 bits per heavy atom. The van der Waals surface area contributed by atoms with Gasteiger partial charge in [-0.3, -0.25) is 11.3 Å². The van der Waals surface area contributed by atoms with Gasteiger partial charge >= 0.3 is 0 Å². The number of hydrogen-bond acceptors (Lipinski definition) is 4. The van der Waals surface area contributed by atoms with Gasteiger partial charge in [0.1, 0.15) is 0 Å². The van der Waals surface area contributed by atoms with Gasteiger partial charge in [-0.1, -0.05) is 41.8 Å². The van der Waals surface area contributed by atoms with Crippen molar-refractivity contribution in [3.63, 3.8) is 0 Å². The molecule has 0 saturated carbocycles. The normalized spacial score (nSPS) is 23.4. The number of halogens is 2. The van der Waals surface area contributed by atoms with E-state index >= 15 is 0 Å². The standard InChI is InChI=1S/C13H18Cl2N2O2S/c14-10-5-3-4-9(13(10)15)8-11(17-16)12-6-1-2-7-20(12,18)19/h3-5,11-12,17H,1-2,6-8,16H2. The molecule has 112 valence electrons. The average Bonchev–Trinajstić information content (AvgIpc) is 2.41. The van der Waals surface area contributed by atoms with E-state index in [1.807, 2.05) is 6.07 Å². The van der Waals surface area contributed by atoms with Crippen LogP contribution in [0, 0.1) is 0 Å². The van der Waals surface area contributed by atoms with Crippen LogP contribution < -0.4 is 11.3 Å². The predicted molar refractivity (Wildman–Crippen MR) is 82.7 cm³/mol. The SMILES string of the molecule is NNC(Cc1cccc(Cl)c1Cl)C1CCCCS1(=O)=O. The Kier molecular flexibility index (Phi) is 5.31. The molecule has 20 heavy (non-hydrogen) atoms. The molecule has 3 N–H and O–H groups in total. The van der Waals surface area contributed by atoms with Gasteiger partial charge in [-0.05, 0) is 30.9 Å². The van der Waals surface area contributed by atoms with E-state index in [4.69, 9.17) is 29.0 Å². The van der Waals surface area contributed by atoms with Crippen molar-refractivity contribution < 1.29 is 8.42 Å². The molecule has 1 heterocycles. The zero-order valence-electron chi connectivity index (χ0n) is 11.0. The fourth-order valence-electron chi connectivity index (χ4n) is 2.67. The third kappa shape index (κ3) is 3.46. The van der Waals surface area contributed by atoms with Crippen molar-refractivity contribution in [1.82, 2.24) is 5.43 Å². The van der Waals surface area contributed by atoms with Crippen molar-refractivity contribution in [1.29, 1.82) is 0 Å². The highest BCUT2D eigenvalue weighted by atomic mass is 35.5. The molecule has 1 saturated heterocycles. The summed E-state index contributed by atoms with van der Waals surface area (Å²) in [7, 11) is -3.10. The lowest BCUT2D eigenvalue weighted by atomic mass is 10.00. The van der Waals surface area contributed by atoms with Gasteiger partial charge in [-0.25, -0.2) is 8.42 Å². The summed E-state index contributed by atoms with van der Waals surface area (Å²) in [5.74, 6) is 5.81. The highest BCUT2D eigenvalue weighted by Gasteiger charge is 2.35. The fraction of sp³-hybridized carbons (Fsp3) is 0.538. The number of nitrogens with one attached hydrogen (secondary N) is 1. The second-order valence-corrected chi connectivity index (χ2v) is 8.22. The summed E-state index contributed by atoms with van der Waals surface area (Å²) >= 11 is 12.1. The predicted octanol–water partition coefficient (Wildman–Crippen LogP) is 2.34. The summed E-state index contributed by atoms with van der Waals surface area (Å²) < 4.78 is 24.3. The van der Waals surface area contributed by atoms with E-state index in [0.29, 0.717) is 22.9 Å². The molecule has 0 aliphatic carbocycles. The third-order valence-electron chi connectivity index (χ3n) is 3.76. The van der Waals surface area contributed by atoms with Gasteiger partial charge in [0.05, 0.1) is 21.0 Å². The monoisotopic (exact) mass is 336 g/mol. The van der Waals surface area contributed by atoms with Crippen molar-refractivity contribution in [2.75, 3.05) is 5.75 Å². The highest BCUT2D eigenvalue weighted by Crippen LogP contribution is 2.29. The van der Waals surface area contributed by atoms with Crippen molar-refractivity contribution in [3.05, 3.63) is 33.8 Å². The molecule has 1 aliphatic rings. The van der Waals surface area contributed by atoms with Crippen LogP contribution in [-0.4, -0.2) is 25.5 Å². The van der Waals surface area contributed by atoms with E-state index in [9.17, 15) is 8.42 Å². The minimum absolute atomic E-state index is 0.235. The Morgan fingerprint density at radius 3 is 2.75 bits per heavy atom. The van der Waals surface area contributed by atoms with Gasteiger partial charge in [-0.15, -0.1) is 0 Å². The van der Waals surface area contributed by atoms with Crippen LogP contribution in [0.5, 0.6) is 0 Å². The van der Waals surface area contributed by atoms with E-state index in [1.54, 1.807) is 12.1 Å². The molecule has 0 spiro atoms. The lowest BCUT2D eigenvalue weighted by molar-refractivity contribution is 0.440. The Morgan fingerprint density at radius 2 is 2.10 bits per heavy atom. The third-order valence-corrected chi connectivity index (χ3v) is 6.97. The Balaban J connectivity index is 2.22. The number of hydrazine groups is 1. The first-order chi connectivity index (χ1) is 9.45. The molecule has 0 amide bonds. The summed E-state index contributed by atoms with van der Waals surface area (Å²) in [5, 5.41) is 0.463. The van der Waals surface area contributed by atoms with Gasteiger partial charge in [0.2, 0.25) is 0 Å². The van der Waals surface area contributed by atoms with Gasteiger partial charge in [0, 0.05) is 6.04 Å². The first-order valence-electron chi connectivity index (χ1n) is 6.56. The minimum Gasteiger partial charge on any atom is -0.271 e. The van der Waals surface area contributed by atoms with Gasteiger partial charge in [0.15, 0.2) is 9.84 Å². The molecule has 1 aromatic carbocycles. The van der Waals surface area contributed by atoms with Crippen LogP contribution in [0.15, 0.2) is 18.2 Å². The van der Waals surface area contributed by atoms with Crippen LogP contribution in [0.1, 0.15) is 24.8 Å². The number of sulfone groups is 1. The quantitative estimate of drug-likeness (QED) is 0.653. The largest absolute Gasteiger partial charge is 0.271 e. The van der Waals surface area contributed by atoms with Gasteiger partial charge in [0.25, 0.3) is 0 Å². The second-order valence-electron chi connectivity index (χ2n) is 5.09. The van der Waals surface area contributed by atoms with Gasteiger partial charge in [-0.2, -0.15) is 0 Å². The Labute approximate surface area is 129 Å². The maximum Gasteiger partial charge on any atom is 0.154 e. The Bertz CT molecular complexity index is 578. The van der Waals surface area contributed by atoms with Crippen molar-refractivity contribution in [2.45, 2.75) is 37.0 Å². The van der Waals surface area contributed by atoms with Crippen LogP contribution in [-0.2, 0) is 16.3 Å². The summed E-state index contributed by atoms with van der Waals surface area (Å²) in [4.78, 5) is 0. The second kappa shape index (κ2) is 6.62. The van der Waals surface area contributed by atoms with Crippen molar-refractivity contribution in [2.24, 2.45) is 5.84 Å². The molecule has 1 aliphatic heterocycles. The molecule has 4 nitrogen and oxygen atoms in total. The fourth-order valence-corrected chi connectivity index (χ4v) is 5.18. The van der Waals surface area contributed by atoms with Crippen molar-refractivity contribution >= 4 is 33.0 Å². The van der Waals surface area contributed by atoms with Crippen LogP contribution in [0.3, 0.4) is 0 Å². The van der Waals surface area contributed by atoms with E-state index in [2.05, 4.69) is 5.43 Å². The summed E-state index contributed by atoms with van der Waals surface area (Å²) in [6.07, 6.45) is 2.72. The van der Waals surface area contributed by atoms with E-state index in [-0.39, 0.29) is 11.8 Å². The average molecular weight is 337 g/mol. The molecule has 7 heteroatoms. The number of nitrogens with two attached hydrogens (primary N) is 1. The molecular formula is C13H18Cl2N2O2S. The Hall–Kier alpha value is -0.330. The summed E-state index contributed by atoms with van der Waals surface area (Å²) in [5.41, 5.74) is 3.45. The molecule has 0 radical (unpaired) electrons. The number of hydrogen-bond donors (Lipinski definition) is 2. The minimum atomic E-state index is -3.10. The highest BCUT2D eigenvalue weighted by molar-refractivity contribution is 7.92. The van der Waals surface area contributed by atoms with Crippen molar-refractivity contribution in [3.8, 4) is 0 Å². The summed E-state index contributed by atoms with van der Waals surface area (Å²) in [6, 6.07) is 4.99.